The largest absolute Gasteiger partial charge is 0.315 e. The van der Waals surface area contributed by atoms with Gasteiger partial charge in [-0.3, -0.25) is 0 Å². The fourth-order valence-electron chi connectivity index (χ4n) is 1.38. The molecule has 13 heavy (non-hydrogen) atoms. The third-order valence-electron chi connectivity index (χ3n) is 2.75. The minimum Gasteiger partial charge on any atom is -0.315 e. The highest BCUT2D eigenvalue weighted by Crippen LogP contribution is 2.47. The van der Waals surface area contributed by atoms with Crippen LogP contribution in [0.1, 0.15) is 26.2 Å². The average Bonchev–Trinajstić information content (AvgIpc) is 2.86. The lowest BCUT2D eigenvalue weighted by Crippen LogP contribution is -2.29. The van der Waals surface area contributed by atoms with Crippen LogP contribution in [0.4, 0.5) is 0 Å². The smallest absolute Gasteiger partial charge is 0.0628 e. The molecule has 0 aromatic heterocycles. The van der Waals surface area contributed by atoms with Crippen molar-refractivity contribution in [1.82, 2.24) is 5.32 Å². The second-order valence-electron chi connectivity index (χ2n) is 4.01. The van der Waals surface area contributed by atoms with Crippen molar-refractivity contribution in [3.8, 4) is 6.07 Å². The zero-order valence-corrected chi connectivity index (χ0v) is 9.28. The summed E-state index contributed by atoms with van der Waals surface area (Å²) in [6.45, 7) is 4.32. The van der Waals surface area contributed by atoms with Gasteiger partial charge in [0.15, 0.2) is 0 Å². The van der Waals surface area contributed by atoms with Crippen LogP contribution in [0.5, 0.6) is 0 Å². The molecule has 1 atom stereocenters. The number of thioether (sulfide) groups is 1. The summed E-state index contributed by atoms with van der Waals surface area (Å²) >= 11 is 1.88. The molecule has 3 heteroatoms. The Labute approximate surface area is 85.1 Å². The molecular formula is C10H18N2S. The van der Waals surface area contributed by atoms with Crippen molar-refractivity contribution >= 4 is 11.8 Å². The fourth-order valence-corrected chi connectivity index (χ4v) is 1.67. The van der Waals surface area contributed by atoms with E-state index in [1.54, 1.807) is 0 Å². The molecule has 1 aliphatic carbocycles. The van der Waals surface area contributed by atoms with Gasteiger partial charge < -0.3 is 5.32 Å². The Hall–Kier alpha value is -0.200. The monoisotopic (exact) mass is 198 g/mol. The first-order valence-corrected chi connectivity index (χ1v) is 6.12. The van der Waals surface area contributed by atoms with Gasteiger partial charge >= 0.3 is 0 Å². The topological polar surface area (TPSA) is 35.8 Å². The third kappa shape index (κ3) is 3.58. The van der Waals surface area contributed by atoms with Gasteiger partial charge in [-0.2, -0.15) is 17.0 Å². The van der Waals surface area contributed by atoms with Crippen molar-refractivity contribution in [2.75, 3.05) is 19.3 Å². The van der Waals surface area contributed by atoms with Crippen LogP contribution < -0.4 is 5.32 Å². The van der Waals surface area contributed by atoms with Crippen LogP contribution in [0.2, 0.25) is 0 Å². The fraction of sp³-hybridized carbons (Fsp3) is 0.900. The molecule has 1 unspecified atom stereocenters. The average molecular weight is 198 g/mol. The number of nitriles is 1. The molecule has 0 radical (unpaired) electrons. The Balaban J connectivity index is 2.09. The molecule has 2 nitrogen and oxygen atoms in total. The summed E-state index contributed by atoms with van der Waals surface area (Å²) in [5.74, 6) is 0. The maximum absolute atomic E-state index is 8.61. The molecule has 0 heterocycles. The van der Waals surface area contributed by atoms with Gasteiger partial charge in [-0.25, -0.2) is 0 Å². The highest BCUT2D eigenvalue weighted by Gasteiger charge is 2.41. The summed E-state index contributed by atoms with van der Waals surface area (Å²) in [4.78, 5) is 0. The van der Waals surface area contributed by atoms with Crippen molar-refractivity contribution in [3.63, 3.8) is 0 Å². The maximum Gasteiger partial charge on any atom is 0.0628 e. The van der Waals surface area contributed by atoms with Gasteiger partial charge in [0.1, 0.15) is 0 Å². The summed E-state index contributed by atoms with van der Waals surface area (Å²) in [5.41, 5.74) is 0.354. The van der Waals surface area contributed by atoms with Gasteiger partial charge in [0.2, 0.25) is 0 Å². The Kier molecular flexibility index (Phi) is 4.08. The van der Waals surface area contributed by atoms with Crippen molar-refractivity contribution in [2.24, 2.45) is 5.41 Å². The van der Waals surface area contributed by atoms with Gasteiger partial charge in [-0.05, 0) is 24.5 Å². The van der Waals surface area contributed by atoms with Crippen molar-refractivity contribution in [2.45, 2.75) is 31.4 Å². The first-order chi connectivity index (χ1) is 6.22. The Morgan fingerprint density at radius 2 is 2.31 bits per heavy atom. The lowest BCUT2D eigenvalue weighted by Gasteiger charge is -2.14. The molecule has 1 aliphatic rings. The molecule has 0 aliphatic heterocycles. The van der Waals surface area contributed by atoms with E-state index < -0.39 is 0 Å². The minimum atomic E-state index is 0.354. The molecule has 0 amide bonds. The van der Waals surface area contributed by atoms with Gasteiger partial charge in [-0.1, -0.05) is 6.92 Å². The second-order valence-corrected chi connectivity index (χ2v) is 5.29. The predicted octanol–water partition coefficient (Wildman–Crippen LogP) is 2.02. The van der Waals surface area contributed by atoms with Crippen molar-refractivity contribution in [1.29, 1.82) is 5.26 Å². The number of nitrogens with zero attached hydrogens (tertiary/aromatic N) is 1. The number of hydrogen-bond acceptors (Lipinski definition) is 3. The lowest BCUT2D eigenvalue weighted by atomic mass is 10.0. The first kappa shape index (κ1) is 10.9. The summed E-state index contributed by atoms with van der Waals surface area (Å²) < 4.78 is 0. The van der Waals surface area contributed by atoms with E-state index in [-0.39, 0.29) is 0 Å². The van der Waals surface area contributed by atoms with Crippen LogP contribution >= 0.6 is 11.8 Å². The van der Waals surface area contributed by atoms with Gasteiger partial charge in [-0.15, -0.1) is 0 Å². The summed E-state index contributed by atoms with van der Waals surface area (Å²) in [5, 5.41) is 12.7. The van der Waals surface area contributed by atoms with E-state index in [1.807, 2.05) is 11.8 Å². The molecule has 0 aromatic rings. The van der Waals surface area contributed by atoms with Crippen LogP contribution in [0.25, 0.3) is 0 Å². The number of nitrogens with one attached hydrogen (secondary N) is 1. The van der Waals surface area contributed by atoms with Gasteiger partial charge in [0.25, 0.3) is 0 Å². The Bertz CT molecular complexity index is 194. The molecule has 0 spiro atoms. The summed E-state index contributed by atoms with van der Waals surface area (Å²) in [6.07, 6.45) is 5.34. The second kappa shape index (κ2) is 4.88. The van der Waals surface area contributed by atoms with E-state index in [0.29, 0.717) is 10.7 Å². The molecule has 1 rings (SSSR count). The number of hydrogen-bond donors (Lipinski definition) is 1. The lowest BCUT2D eigenvalue weighted by molar-refractivity contribution is 0.469. The first-order valence-electron chi connectivity index (χ1n) is 4.83. The summed E-state index contributed by atoms with van der Waals surface area (Å²) in [6, 6.07) is 2.28. The van der Waals surface area contributed by atoms with Gasteiger partial charge in [0.05, 0.1) is 6.07 Å². The van der Waals surface area contributed by atoms with Crippen LogP contribution in [0.15, 0.2) is 0 Å². The molecular weight excluding hydrogens is 180 g/mol. The van der Waals surface area contributed by atoms with Crippen LogP contribution in [0, 0.1) is 16.7 Å². The molecule has 1 fully saturated rings. The van der Waals surface area contributed by atoms with E-state index in [4.69, 9.17) is 5.26 Å². The Morgan fingerprint density at radius 3 is 2.77 bits per heavy atom. The predicted molar refractivity (Wildman–Crippen MR) is 57.7 cm³/mol. The quantitative estimate of drug-likeness (QED) is 0.709. The molecule has 0 bridgehead atoms. The molecule has 1 N–H and O–H groups in total. The van der Waals surface area contributed by atoms with E-state index >= 15 is 0 Å². The third-order valence-corrected chi connectivity index (χ3v) is 3.72. The van der Waals surface area contributed by atoms with E-state index in [2.05, 4.69) is 24.6 Å². The normalized spacial score (nSPS) is 20.7. The Morgan fingerprint density at radius 1 is 1.62 bits per heavy atom. The molecule has 74 valence electrons. The van der Waals surface area contributed by atoms with Gasteiger partial charge in [0, 0.05) is 24.8 Å². The van der Waals surface area contributed by atoms with Crippen LogP contribution in [0.3, 0.4) is 0 Å². The number of rotatable bonds is 6. The summed E-state index contributed by atoms with van der Waals surface area (Å²) in [7, 11) is 0. The molecule has 0 aromatic carbocycles. The van der Waals surface area contributed by atoms with E-state index in [1.165, 1.54) is 12.8 Å². The molecule has 1 saturated carbocycles. The maximum atomic E-state index is 8.61. The minimum absolute atomic E-state index is 0.354. The van der Waals surface area contributed by atoms with E-state index in [0.717, 1.165) is 19.5 Å². The zero-order valence-electron chi connectivity index (χ0n) is 8.47. The van der Waals surface area contributed by atoms with Crippen molar-refractivity contribution in [3.05, 3.63) is 0 Å². The SMILES string of the molecule is CSC(C)CNCC1(CC#N)CC1. The van der Waals surface area contributed by atoms with E-state index in [9.17, 15) is 0 Å². The standard InChI is InChI=1S/C10H18N2S/c1-9(13-2)7-12-8-10(3-4-10)5-6-11/h9,12H,3-5,7-8H2,1-2H3. The van der Waals surface area contributed by atoms with Crippen LogP contribution in [-0.4, -0.2) is 24.6 Å². The van der Waals surface area contributed by atoms with Crippen molar-refractivity contribution < 1.29 is 0 Å². The highest BCUT2D eigenvalue weighted by atomic mass is 32.2. The van der Waals surface area contributed by atoms with Crippen LogP contribution in [-0.2, 0) is 0 Å². The zero-order chi connectivity index (χ0) is 9.73. The molecule has 0 saturated heterocycles. The highest BCUT2D eigenvalue weighted by molar-refractivity contribution is 7.99.